The summed E-state index contributed by atoms with van der Waals surface area (Å²) in [5.41, 5.74) is 0.202. The molecule has 0 saturated heterocycles. The third-order valence-corrected chi connectivity index (χ3v) is 7.44. The molecule has 1 aromatic heterocycles. The first-order chi connectivity index (χ1) is 13.0. The van der Waals surface area contributed by atoms with Crippen LogP contribution in [0.3, 0.4) is 0 Å². The van der Waals surface area contributed by atoms with Gasteiger partial charge >= 0.3 is 0 Å². The minimum absolute atomic E-state index is 0.202. The summed E-state index contributed by atoms with van der Waals surface area (Å²) in [6.45, 7) is 5.67. The predicted molar refractivity (Wildman–Crippen MR) is 117 cm³/mol. The van der Waals surface area contributed by atoms with Gasteiger partial charge in [-0.15, -0.1) is 10.2 Å². The Morgan fingerprint density at radius 1 is 1.21 bits per heavy atom. The minimum Gasteiger partial charge on any atom is -0.299 e. The van der Waals surface area contributed by atoms with Crippen molar-refractivity contribution in [1.82, 2.24) is 10.2 Å². The molecular formula is C16H20Cl2N4O3S3. The van der Waals surface area contributed by atoms with E-state index in [1.54, 1.807) is 11.8 Å². The van der Waals surface area contributed by atoms with Crippen molar-refractivity contribution in [3.8, 4) is 0 Å². The van der Waals surface area contributed by atoms with Crippen molar-refractivity contribution in [2.24, 2.45) is 5.92 Å². The second-order valence-electron chi connectivity index (χ2n) is 6.43. The zero-order valence-electron chi connectivity index (χ0n) is 15.6. The summed E-state index contributed by atoms with van der Waals surface area (Å²) < 4.78 is 26.4. The lowest BCUT2D eigenvalue weighted by Gasteiger charge is -2.28. The van der Waals surface area contributed by atoms with Gasteiger partial charge in [-0.25, -0.2) is 8.42 Å². The highest BCUT2D eigenvalue weighted by Crippen LogP contribution is 2.30. The summed E-state index contributed by atoms with van der Waals surface area (Å²) in [6, 6.07) is 3.29. The van der Waals surface area contributed by atoms with E-state index < -0.39 is 22.0 Å². The second kappa shape index (κ2) is 9.62. The first kappa shape index (κ1) is 23.2. The van der Waals surface area contributed by atoms with E-state index in [2.05, 4.69) is 29.4 Å². The van der Waals surface area contributed by atoms with E-state index in [1.165, 1.54) is 36.5 Å². The fraction of sp³-hybridized carbons (Fsp3) is 0.438. The Bertz CT molecular complexity index is 930. The predicted octanol–water partition coefficient (Wildman–Crippen LogP) is 4.39. The Kier molecular flexibility index (Phi) is 7.97. The molecule has 0 spiro atoms. The van der Waals surface area contributed by atoms with Crippen molar-refractivity contribution >= 4 is 73.0 Å². The van der Waals surface area contributed by atoms with Gasteiger partial charge in [-0.1, -0.05) is 60.1 Å². The molecule has 1 heterocycles. The van der Waals surface area contributed by atoms with E-state index in [0.717, 1.165) is 20.7 Å². The smallest absolute Gasteiger partial charge is 0.249 e. The van der Waals surface area contributed by atoms with E-state index >= 15 is 0 Å². The van der Waals surface area contributed by atoms with E-state index in [9.17, 15) is 13.2 Å². The molecule has 0 bridgehead atoms. The topological polar surface area (TPSA) is 92.3 Å². The summed E-state index contributed by atoms with van der Waals surface area (Å²) in [5.74, 6) is 0.842. The lowest BCUT2D eigenvalue weighted by atomic mass is 10.2. The van der Waals surface area contributed by atoms with Crippen LogP contribution in [0.4, 0.5) is 10.8 Å². The standard InChI is InChI=1S/C16H20Cl2N4O3S3/c1-9(2)8-26-16-21-20-15(27-16)19-14(23)10(3)22(28(4,24)25)13-6-11(17)5-12(18)7-13/h5-7,9-10H,8H2,1-4H3,(H,19,20,23). The summed E-state index contributed by atoms with van der Waals surface area (Å²) in [7, 11) is -3.78. The number of nitrogens with zero attached hydrogens (tertiary/aromatic N) is 3. The van der Waals surface area contributed by atoms with Crippen LogP contribution in [0, 0.1) is 5.92 Å². The van der Waals surface area contributed by atoms with Crippen molar-refractivity contribution in [3.05, 3.63) is 28.2 Å². The molecule has 1 amide bonds. The number of sulfonamides is 1. The molecule has 1 unspecified atom stereocenters. The highest BCUT2D eigenvalue weighted by Gasteiger charge is 2.30. The van der Waals surface area contributed by atoms with Crippen LogP contribution < -0.4 is 9.62 Å². The SMILES string of the molecule is CC(C)CSc1nnc(NC(=O)C(C)N(c2cc(Cl)cc(Cl)c2)S(C)(=O)=O)s1. The van der Waals surface area contributed by atoms with Crippen LogP contribution in [0.1, 0.15) is 20.8 Å². The fourth-order valence-electron chi connectivity index (χ4n) is 2.24. The van der Waals surface area contributed by atoms with Gasteiger partial charge in [0.25, 0.3) is 0 Å². The number of carbonyl (C=O) groups excluding carboxylic acids is 1. The zero-order valence-corrected chi connectivity index (χ0v) is 19.6. The third kappa shape index (κ3) is 6.48. The fourth-order valence-corrected chi connectivity index (χ4v) is 5.65. The number of benzene rings is 1. The van der Waals surface area contributed by atoms with Gasteiger partial charge in [0.15, 0.2) is 4.34 Å². The Hall–Kier alpha value is -1.07. The molecule has 7 nitrogen and oxygen atoms in total. The summed E-state index contributed by atoms with van der Waals surface area (Å²) in [6.07, 6.45) is 1.01. The molecule has 1 aromatic carbocycles. The molecule has 0 aliphatic rings. The molecule has 0 aliphatic heterocycles. The van der Waals surface area contributed by atoms with Gasteiger partial charge in [-0.2, -0.15) is 0 Å². The van der Waals surface area contributed by atoms with Crippen LogP contribution in [0.5, 0.6) is 0 Å². The van der Waals surface area contributed by atoms with Crippen LogP contribution in [0.2, 0.25) is 10.0 Å². The molecule has 28 heavy (non-hydrogen) atoms. The molecule has 2 rings (SSSR count). The van der Waals surface area contributed by atoms with Gasteiger partial charge in [0.2, 0.25) is 21.1 Å². The second-order valence-corrected chi connectivity index (χ2v) is 11.4. The van der Waals surface area contributed by atoms with E-state index in [1.807, 2.05) is 0 Å². The number of anilines is 2. The Balaban J connectivity index is 2.20. The molecule has 0 fully saturated rings. The normalized spacial score (nSPS) is 12.8. The highest BCUT2D eigenvalue weighted by molar-refractivity contribution is 8.01. The zero-order chi connectivity index (χ0) is 21.1. The summed E-state index contributed by atoms with van der Waals surface area (Å²) >= 11 is 14.8. The molecule has 2 aromatic rings. The Labute approximate surface area is 182 Å². The number of amides is 1. The van der Waals surface area contributed by atoms with Crippen LogP contribution in [0.25, 0.3) is 0 Å². The molecule has 1 N–H and O–H groups in total. The van der Waals surface area contributed by atoms with Crippen LogP contribution in [-0.2, 0) is 14.8 Å². The molecule has 154 valence electrons. The molecule has 12 heteroatoms. The van der Waals surface area contributed by atoms with Crippen molar-refractivity contribution in [1.29, 1.82) is 0 Å². The Morgan fingerprint density at radius 2 is 1.82 bits per heavy atom. The molecule has 0 saturated carbocycles. The number of rotatable bonds is 8. The quantitative estimate of drug-likeness (QED) is 0.442. The number of halogens is 2. The van der Waals surface area contributed by atoms with Crippen LogP contribution >= 0.6 is 46.3 Å². The number of aromatic nitrogens is 2. The average Bonchev–Trinajstić information content (AvgIpc) is 2.98. The van der Waals surface area contributed by atoms with Crippen molar-refractivity contribution < 1.29 is 13.2 Å². The maximum Gasteiger partial charge on any atom is 0.249 e. The largest absolute Gasteiger partial charge is 0.299 e. The van der Waals surface area contributed by atoms with Gasteiger partial charge in [-0.3, -0.25) is 14.4 Å². The molecule has 0 aliphatic carbocycles. The number of thioether (sulfide) groups is 1. The molecule has 0 radical (unpaired) electrons. The minimum atomic E-state index is -3.78. The van der Waals surface area contributed by atoms with E-state index in [4.69, 9.17) is 23.2 Å². The highest BCUT2D eigenvalue weighted by atomic mass is 35.5. The Morgan fingerprint density at radius 3 is 2.36 bits per heavy atom. The molecular weight excluding hydrogens is 463 g/mol. The van der Waals surface area contributed by atoms with Gasteiger partial charge in [0, 0.05) is 15.8 Å². The van der Waals surface area contributed by atoms with E-state index in [0.29, 0.717) is 11.0 Å². The maximum absolute atomic E-state index is 12.7. The lowest BCUT2D eigenvalue weighted by molar-refractivity contribution is -0.116. The first-order valence-corrected chi connectivity index (χ1v) is 12.6. The third-order valence-electron chi connectivity index (χ3n) is 3.37. The number of hydrogen-bond donors (Lipinski definition) is 1. The lowest BCUT2D eigenvalue weighted by Crippen LogP contribution is -2.45. The number of nitrogens with one attached hydrogen (secondary N) is 1. The number of hydrogen-bond acceptors (Lipinski definition) is 7. The van der Waals surface area contributed by atoms with Crippen LogP contribution in [-0.4, -0.2) is 42.6 Å². The number of carbonyl (C=O) groups is 1. The van der Waals surface area contributed by atoms with Crippen molar-refractivity contribution in [2.45, 2.75) is 31.2 Å². The average molecular weight is 483 g/mol. The van der Waals surface area contributed by atoms with Gasteiger partial charge in [0.1, 0.15) is 6.04 Å². The van der Waals surface area contributed by atoms with Gasteiger partial charge in [0.05, 0.1) is 11.9 Å². The summed E-state index contributed by atoms with van der Waals surface area (Å²) in [4.78, 5) is 12.7. The monoisotopic (exact) mass is 482 g/mol. The van der Waals surface area contributed by atoms with Crippen LogP contribution in [0.15, 0.2) is 22.5 Å². The first-order valence-electron chi connectivity index (χ1n) is 8.20. The van der Waals surface area contributed by atoms with Gasteiger partial charge < -0.3 is 0 Å². The van der Waals surface area contributed by atoms with Crippen molar-refractivity contribution in [3.63, 3.8) is 0 Å². The van der Waals surface area contributed by atoms with Gasteiger partial charge in [-0.05, 0) is 31.0 Å². The maximum atomic E-state index is 12.7. The summed E-state index contributed by atoms with van der Waals surface area (Å²) in [5, 5.41) is 11.4. The van der Waals surface area contributed by atoms with E-state index in [-0.39, 0.29) is 15.7 Å². The van der Waals surface area contributed by atoms with Crippen molar-refractivity contribution in [2.75, 3.05) is 21.6 Å². The molecule has 1 atom stereocenters.